The number of anilines is 1. The van der Waals surface area contributed by atoms with Gasteiger partial charge in [0.1, 0.15) is 0 Å². The van der Waals surface area contributed by atoms with Crippen LogP contribution in [0.5, 0.6) is 0 Å². The summed E-state index contributed by atoms with van der Waals surface area (Å²) >= 11 is 13.4. The van der Waals surface area contributed by atoms with E-state index in [4.69, 9.17) is 23.2 Å². The zero-order chi connectivity index (χ0) is 14.0. The summed E-state index contributed by atoms with van der Waals surface area (Å²) < 4.78 is 3.01. The number of hydrogen-bond acceptors (Lipinski definition) is 3. The molecule has 0 saturated heterocycles. The fourth-order valence-electron chi connectivity index (χ4n) is 1.84. The van der Waals surface area contributed by atoms with Gasteiger partial charge >= 0.3 is 0 Å². The molecule has 0 spiro atoms. The highest BCUT2D eigenvalue weighted by Gasteiger charge is 2.13. The van der Waals surface area contributed by atoms with Gasteiger partial charge in [0.25, 0.3) is 5.56 Å². The van der Waals surface area contributed by atoms with Gasteiger partial charge in [-0.1, -0.05) is 23.2 Å². The molecule has 1 unspecified atom stereocenters. The minimum absolute atomic E-state index is 0.00249. The quantitative estimate of drug-likeness (QED) is 0.906. The highest BCUT2D eigenvalue weighted by atomic mass is 35.5. The first-order valence-corrected chi connectivity index (χ1v) is 7.50. The minimum Gasteiger partial charge on any atom is -0.377 e. The second-order valence-corrected chi connectivity index (χ2v) is 6.47. The lowest BCUT2D eigenvalue weighted by atomic mass is 10.2. The van der Waals surface area contributed by atoms with E-state index in [1.54, 1.807) is 22.9 Å². The molecule has 2 aromatic rings. The Bertz CT molecular complexity index is 636. The van der Waals surface area contributed by atoms with Gasteiger partial charge in [-0.25, -0.2) is 0 Å². The molecule has 6 heteroatoms. The maximum absolute atomic E-state index is 11.5. The van der Waals surface area contributed by atoms with Crippen LogP contribution >= 0.6 is 34.5 Å². The van der Waals surface area contributed by atoms with Gasteiger partial charge in [0.05, 0.1) is 20.4 Å². The summed E-state index contributed by atoms with van der Waals surface area (Å²) in [4.78, 5) is 11.5. The first-order chi connectivity index (χ1) is 9.01. The van der Waals surface area contributed by atoms with E-state index >= 15 is 0 Å². The molecule has 0 amide bonds. The van der Waals surface area contributed by atoms with Crippen LogP contribution in [0.4, 0.5) is 5.69 Å². The molecule has 1 N–H and O–H groups in total. The van der Waals surface area contributed by atoms with Crippen molar-refractivity contribution >= 4 is 40.2 Å². The van der Waals surface area contributed by atoms with Crippen molar-refractivity contribution in [3.63, 3.8) is 0 Å². The summed E-state index contributed by atoms with van der Waals surface area (Å²) in [6.07, 6.45) is 1.81. The molecule has 2 rings (SSSR count). The predicted octanol–water partition coefficient (Wildman–Crippen LogP) is 4.41. The zero-order valence-corrected chi connectivity index (χ0v) is 12.9. The molecule has 0 saturated carbocycles. The smallest absolute Gasteiger partial charge is 0.250 e. The molecular weight excluding hydrogens is 303 g/mol. The van der Waals surface area contributed by atoms with Crippen molar-refractivity contribution in [2.24, 2.45) is 0 Å². The van der Waals surface area contributed by atoms with E-state index in [-0.39, 0.29) is 11.6 Å². The second-order valence-electron chi connectivity index (χ2n) is 4.19. The Hall–Kier alpha value is -0.970. The molecule has 0 aliphatic carbocycles. The lowest BCUT2D eigenvalue weighted by Crippen LogP contribution is -2.18. The number of rotatable bonds is 4. The van der Waals surface area contributed by atoms with Crippen molar-refractivity contribution < 1.29 is 0 Å². The largest absolute Gasteiger partial charge is 0.377 e. The highest BCUT2D eigenvalue weighted by Crippen LogP contribution is 2.35. The number of aryl methyl sites for hydroxylation is 1. The third kappa shape index (κ3) is 3.32. The van der Waals surface area contributed by atoms with E-state index in [1.165, 1.54) is 11.3 Å². The zero-order valence-electron chi connectivity index (χ0n) is 10.6. The summed E-state index contributed by atoms with van der Waals surface area (Å²) in [7, 11) is 0. The predicted molar refractivity (Wildman–Crippen MR) is 82.8 cm³/mol. The maximum Gasteiger partial charge on any atom is 0.250 e. The van der Waals surface area contributed by atoms with Crippen LogP contribution in [0.15, 0.2) is 29.2 Å². The second kappa shape index (κ2) is 5.99. The maximum atomic E-state index is 11.5. The van der Waals surface area contributed by atoms with Crippen LogP contribution in [0.2, 0.25) is 8.67 Å². The molecule has 0 aliphatic heterocycles. The molecule has 3 nitrogen and oxygen atoms in total. The molecule has 2 aromatic heterocycles. The molecule has 2 heterocycles. The third-order valence-corrected chi connectivity index (χ3v) is 4.37. The summed E-state index contributed by atoms with van der Waals surface area (Å²) in [5.41, 5.74) is 1.84. The fraction of sp³-hybridized carbons (Fsp3) is 0.308. The van der Waals surface area contributed by atoms with Crippen molar-refractivity contribution in [2.45, 2.75) is 26.4 Å². The molecule has 0 aromatic carbocycles. The summed E-state index contributed by atoms with van der Waals surface area (Å²) in [6.45, 7) is 4.59. The fourth-order valence-corrected chi connectivity index (χ4v) is 3.49. The monoisotopic (exact) mass is 316 g/mol. The summed E-state index contributed by atoms with van der Waals surface area (Å²) in [5.74, 6) is 0. The standard InChI is InChI=1S/C13H14Cl2N2OS/c1-3-17-7-9(4-5-12(17)18)16-8(2)10-6-11(14)19-13(10)15/h4-8,16H,3H2,1-2H3. The lowest BCUT2D eigenvalue weighted by molar-refractivity contribution is 0.725. The Morgan fingerprint density at radius 1 is 1.42 bits per heavy atom. The van der Waals surface area contributed by atoms with Crippen LogP contribution < -0.4 is 10.9 Å². The molecule has 19 heavy (non-hydrogen) atoms. The van der Waals surface area contributed by atoms with Crippen molar-refractivity contribution in [3.05, 3.63) is 49.0 Å². The number of thiophene rings is 1. The molecule has 102 valence electrons. The Balaban J connectivity index is 2.21. The van der Waals surface area contributed by atoms with Gasteiger partial charge in [0.2, 0.25) is 0 Å². The molecule has 0 fully saturated rings. The normalized spacial score (nSPS) is 12.4. The van der Waals surface area contributed by atoms with Crippen molar-refractivity contribution in [1.82, 2.24) is 4.57 Å². The summed E-state index contributed by atoms with van der Waals surface area (Å²) in [6, 6.07) is 5.22. The van der Waals surface area contributed by atoms with Crippen molar-refractivity contribution in [1.29, 1.82) is 0 Å². The first kappa shape index (κ1) is 14.4. The van der Waals surface area contributed by atoms with Crippen LogP contribution in [0.1, 0.15) is 25.5 Å². The van der Waals surface area contributed by atoms with Crippen LogP contribution in [0.25, 0.3) is 0 Å². The average molecular weight is 317 g/mol. The van der Waals surface area contributed by atoms with Crippen LogP contribution in [0, 0.1) is 0 Å². The third-order valence-electron chi connectivity index (χ3n) is 2.86. The Labute approximate surface area is 125 Å². The number of hydrogen-bond donors (Lipinski definition) is 1. The van der Waals surface area contributed by atoms with Crippen molar-refractivity contribution in [3.8, 4) is 0 Å². The van der Waals surface area contributed by atoms with Crippen LogP contribution in [-0.2, 0) is 6.54 Å². The Morgan fingerprint density at radius 2 is 2.16 bits per heavy atom. The van der Waals surface area contributed by atoms with Gasteiger partial charge in [0.15, 0.2) is 0 Å². The van der Waals surface area contributed by atoms with Crippen molar-refractivity contribution in [2.75, 3.05) is 5.32 Å². The Morgan fingerprint density at radius 3 is 2.74 bits per heavy atom. The Kier molecular flexibility index (Phi) is 4.55. The molecule has 0 radical (unpaired) electrons. The molecular formula is C13H14Cl2N2OS. The highest BCUT2D eigenvalue weighted by molar-refractivity contribution is 7.20. The number of nitrogens with one attached hydrogen (secondary N) is 1. The number of pyridine rings is 1. The van der Waals surface area contributed by atoms with Gasteiger partial charge in [-0.2, -0.15) is 0 Å². The SMILES string of the molecule is CCn1cc(NC(C)c2cc(Cl)sc2Cl)ccc1=O. The topological polar surface area (TPSA) is 34.0 Å². The lowest BCUT2D eigenvalue weighted by Gasteiger charge is -2.15. The number of halogens is 2. The number of nitrogens with zero attached hydrogens (tertiary/aromatic N) is 1. The van der Waals surface area contributed by atoms with Gasteiger partial charge in [-0.05, 0) is 26.0 Å². The van der Waals surface area contributed by atoms with E-state index in [0.29, 0.717) is 15.2 Å². The van der Waals surface area contributed by atoms with Gasteiger partial charge in [-0.15, -0.1) is 11.3 Å². The first-order valence-electron chi connectivity index (χ1n) is 5.93. The minimum atomic E-state index is -0.00249. The molecule has 0 bridgehead atoms. The van der Waals surface area contributed by atoms with Crippen LogP contribution in [0.3, 0.4) is 0 Å². The van der Waals surface area contributed by atoms with E-state index in [0.717, 1.165) is 11.3 Å². The van der Waals surface area contributed by atoms with Gasteiger partial charge in [0, 0.05) is 24.4 Å². The molecule has 1 atom stereocenters. The van der Waals surface area contributed by atoms with Gasteiger partial charge < -0.3 is 9.88 Å². The van der Waals surface area contributed by atoms with E-state index in [2.05, 4.69) is 5.32 Å². The van der Waals surface area contributed by atoms with Gasteiger partial charge in [-0.3, -0.25) is 4.79 Å². The van der Waals surface area contributed by atoms with E-state index < -0.39 is 0 Å². The average Bonchev–Trinajstić information content (AvgIpc) is 2.71. The van der Waals surface area contributed by atoms with Crippen LogP contribution in [-0.4, -0.2) is 4.57 Å². The summed E-state index contributed by atoms with van der Waals surface area (Å²) in [5, 5.41) is 3.32. The number of aromatic nitrogens is 1. The molecule has 0 aliphatic rings. The van der Waals surface area contributed by atoms with E-state index in [9.17, 15) is 4.79 Å². The van der Waals surface area contributed by atoms with E-state index in [1.807, 2.05) is 19.9 Å².